The number of halogens is 2. The molecule has 1 fully saturated rings. The first-order valence-corrected chi connectivity index (χ1v) is 10.0. The fourth-order valence-electron chi connectivity index (χ4n) is 3.02. The maximum absolute atomic E-state index is 11.9. The van der Waals surface area contributed by atoms with Crippen molar-refractivity contribution in [3.8, 4) is 5.75 Å². The van der Waals surface area contributed by atoms with Gasteiger partial charge in [-0.15, -0.1) is 24.0 Å². The molecule has 0 aliphatic carbocycles. The van der Waals surface area contributed by atoms with Crippen LogP contribution in [0.15, 0.2) is 29.3 Å². The third-order valence-electron chi connectivity index (χ3n) is 4.41. The van der Waals surface area contributed by atoms with Crippen LogP contribution in [-0.2, 0) is 9.53 Å². The Bertz CT molecular complexity index is 637. The Balaban J connectivity index is 0.00000392. The zero-order valence-corrected chi connectivity index (χ0v) is 19.9. The Morgan fingerprint density at radius 1 is 1.32 bits per heavy atom. The van der Waals surface area contributed by atoms with Gasteiger partial charge in [0, 0.05) is 19.6 Å². The lowest BCUT2D eigenvalue weighted by molar-refractivity contribution is -0.149. The van der Waals surface area contributed by atoms with E-state index in [-0.39, 0.29) is 42.0 Å². The second-order valence-electron chi connectivity index (χ2n) is 6.57. The van der Waals surface area contributed by atoms with Crippen molar-refractivity contribution in [2.24, 2.45) is 10.9 Å². The van der Waals surface area contributed by atoms with Gasteiger partial charge in [-0.2, -0.15) is 0 Å². The van der Waals surface area contributed by atoms with Crippen LogP contribution in [0, 0.1) is 5.92 Å². The van der Waals surface area contributed by atoms with Gasteiger partial charge in [0.1, 0.15) is 11.9 Å². The molecule has 1 N–H and O–H groups in total. The fraction of sp³-hybridized carbons (Fsp3) is 0.600. The number of hydrogen-bond acceptors (Lipinski definition) is 4. The van der Waals surface area contributed by atoms with Crippen molar-refractivity contribution in [3.63, 3.8) is 0 Å². The lowest BCUT2D eigenvalue weighted by Crippen LogP contribution is -2.47. The SMILES string of the molecule is CCNC(=NCC(C)Oc1ccccc1Cl)N1CCC(C(=O)OCC)CC1.I. The zero-order valence-electron chi connectivity index (χ0n) is 16.8. The van der Waals surface area contributed by atoms with Crippen LogP contribution in [0.2, 0.25) is 5.02 Å². The van der Waals surface area contributed by atoms with Crippen molar-refractivity contribution in [2.75, 3.05) is 32.8 Å². The van der Waals surface area contributed by atoms with Crippen LogP contribution in [0.3, 0.4) is 0 Å². The normalized spacial score (nSPS) is 16.1. The van der Waals surface area contributed by atoms with Gasteiger partial charge in [-0.3, -0.25) is 4.79 Å². The van der Waals surface area contributed by atoms with Gasteiger partial charge in [0.25, 0.3) is 0 Å². The smallest absolute Gasteiger partial charge is 0.309 e. The standard InChI is InChI=1S/C20H30ClN3O3.HI/c1-4-22-20(24-12-10-16(11-13-24)19(25)26-5-2)23-14-15(3)27-18-9-7-6-8-17(18)21;/h6-9,15-16H,4-5,10-14H2,1-3H3,(H,22,23);1H. The highest BCUT2D eigenvalue weighted by Gasteiger charge is 2.27. The van der Waals surface area contributed by atoms with E-state index in [1.54, 1.807) is 0 Å². The molecule has 0 radical (unpaired) electrons. The summed E-state index contributed by atoms with van der Waals surface area (Å²) in [6.07, 6.45) is 1.47. The summed E-state index contributed by atoms with van der Waals surface area (Å²) in [6.45, 7) is 9.18. The third-order valence-corrected chi connectivity index (χ3v) is 4.72. The van der Waals surface area contributed by atoms with Crippen LogP contribution in [-0.4, -0.2) is 55.7 Å². The maximum Gasteiger partial charge on any atom is 0.309 e. The van der Waals surface area contributed by atoms with Crippen LogP contribution in [0.4, 0.5) is 0 Å². The summed E-state index contributed by atoms with van der Waals surface area (Å²) in [7, 11) is 0. The van der Waals surface area contributed by atoms with E-state index >= 15 is 0 Å². The van der Waals surface area contributed by atoms with Crippen LogP contribution < -0.4 is 10.1 Å². The second kappa shape index (κ2) is 13.1. The third kappa shape index (κ3) is 7.66. The quantitative estimate of drug-likeness (QED) is 0.254. The molecule has 0 amide bonds. The zero-order chi connectivity index (χ0) is 19.6. The summed E-state index contributed by atoms with van der Waals surface area (Å²) in [5.41, 5.74) is 0. The minimum absolute atomic E-state index is 0. The van der Waals surface area contributed by atoms with E-state index in [4.69, 9.17) is 26.1 Å². The number of likely N-dealkylation sites (tertiary alicyclic amines) is 1. The predicted molar refractivity (Wildman–Crippen MR) is 124 cm³/mol. The van der Waals surface area contributed by atoms with Gasteiger partial charge >= 0.3 is 5.97 Å². The number of carbonyl (C=O) groups is 1. The first-order valence-electron chi connectivity index (χ1n) is 9.66. The van der Waals surface area contributed by atoms with Crippen LogP contribution in [0.1, 0.15) is 33.6 Å². The molecule has 1 unspecified atom stereocenters. The van der Waals surface area contributed by atoms with Crippen molar-refractivity contribution in [1.82, 2.24) is 10.2 Å². The lowest BCUT2D eigenvalue weighted by atomic mass is 9.97. The van der Waals surface area contributed by atoms with E-state index in [2.05, 4.69) is 10.2 Å². The van der Waals surface area contributed by atoms with Gasteiger partial charge in [0.15, 0.2) is 5.96 Å². The highest BCUT2D eigenvalue weighted by molar-refractivity contribution is 14.0. The van der Waals surface area contributed by atoms with Crippen molar-refractivity contribution in [2.45, 2.75) is 39.7 Å². The Kier molecular flexibility index (Phi) is 11.6. The topological polar surface area (TPSA) is 63.2 Å². The van der Waals surface area contributed by atoms with E-state index in [1.807, 2.05) is 45.0 Å². The van der Waals surface area contributed by atoms with Gasteiger partial charge in [0.2, 0.25) is 0 Å². The van der Waals surface area contributed by atoms with E-state index in [0.29, 0.717) is 23.9 Å². The number of para-hydroxylation sites is 1. The number of aliphatic imine (C=N–C) groups is 1. The highest BCUT2D eigenvalue weighted by Crippen LogP contribution is 2.24. The minimum Gasteiger partial charge on any atom is -0.487 e. The largest absolute Gasteiger partial charge is 0.487 e. The summed E-state index contributed by atoms with van der Waals surface area (Å²) in [5, 5.41) is 3.93. The van der Waals surface area contributed by atoms with Gasteiger partial charge in [0.05, 0.1) is 24.1 Å². The van der Waals surface area contributed by atoms with Gasteiger partial charge in [-0.1, -0.05) is 23.7 Å². The molecule has 1 aromatic carbocycles. The lowest BCUT2D eigenvalue weighted by Gasteiger charge is -2.33. The number of nitrogens with one attached hydrogen (secondary N) is 1. The molecule has 1 aliphatic heterocycles. The number of piperidine rings is 1. The Labute approximate surface area is 190 Å². The van der Waals surface area contributed by atoms with Crippen molar-refractivity contribution >= 4 is 47.5 Å². The number of benzene rings is 1. The molecule has 158 valence electrons. The summed E-state index contributed by atoms with van der Waals surface area (Å²) in [5.74, 6) is 1.43. The Morgan fingerprint density at radius 2 is 2.00 bits per heavy atom. The molecule has 0 bridgehead atoms. The van der Waals surface area contributed by atoms with Crippen molar-refractivity contribution in [1.29, 1.82) is 0 Å². The molecule has 1 aromatic rings. The van der Waals surface area contributed by atoms with Crippen LogP contribution in [0.25, 0.3) is 0 Å². The maximum atomic E-state index is 11.9. The summed E-state index contributed by atoms with van der Waals surface area (Å²) >= 11 is 6.14. The predicted octanol–water partition coefficient (Wildman–Crippen LogP) is 3.97. The number of esters is 1. The van der Waals surface area contributed by atoms with E-state index in [1.165, 1.54) is 0 Å². The number of ether oxygens (including phenoxy) is 2. The first-order chi connectivity index (χ1) is 13.0. The molecule has 6 nitrogen and oxygen atoms in total. The first kappa shape index (κ1) is 24.8. The van der Waals surface area contributed by atoms with Crippen LogP contribution in [0.5, 0.6) is 5.75 Å². The summed E-state index contributed by atoms with van der Waals surface area (Å²) in [4.78, 5) is 18.8. The fourth-order valence-corrected chi connectivity index (χ4v) is 3.20. The molecule has 0 aromatic heterocycles. The molecule has 2 rings (SSSR count). The molecule has 0 spiro atoms. The average Bonchev–Trinajstić information content (AvgIpc) is 2.67. The van der Waals surface area contributed by atoms with E-state index < -0.39 is 0 Å². The summed E-state index contributed by atoms with van der Waals surface area (Å²) in [6, 6.07) is 7.44. The molecule has 8 heteroatoms. The number of rotatable bonds is 7. The van der Waals surface area contributed by atoms with Crippen molar-refractivity contribution in [3.05, 3.63) is 29.3 Å². The average molecular weight is 524 g/mol. The van der Waals surface area contributed by atoms with E-state index in [9.17, 15) is 4.79 Å². The molecular weight excluding hydrogens is 493 g/mol. The molecule has 28 heavy (non-hydrogen) atoms. The number of nitrogens with zero attached hydrogens (tertiary/aromatic N) is 2. The highest BCUT2D eigenvalue weighted by atomic mass is 127. The number of carbonyl (C=O) groups excluding carboxylic acids is 1. The summed E-state index contributed by atoms with van der Waals surface area (Å²) < 4.78 is 11.0. The number of guanidine groups is 1. The molecule has 1 aliphatic rings. The molecule has 1 saturated heterocycles. The molecule has 1 atom stereocenters. The van der Waals surface area contributed by atoms with Gasteiger partial charge in [-0.05, 0) is 45.7 Å². The van der Waals surface area contributed by atoms with Crippen LogP contribution >= 0.6 is 35.6 Å². The monoisotopic (exact) mass is 523 g/mol. The van der Waals surface area contributed by atoms with Gasteiger partial charge < -0.3 is 19.7 Å². The molecule has 0 saturated carbocycles. The van der Waals surface area contributed by atoms with E-state index in [0.717, 1.165) is 38.4 Å². The molecule has 1 heterocycles. The number of hydrogen-bond donors (Lipinski definition) is 1. The minimum atomic E-state index is -0.101. The van der Waals surface area contributed by atoms with Gasteiger partial charge in [-0.25, -0.2) is 4.99 Å². The Morgan fingerprint density at radius 3 is 2.61 bits per heavy atom. The Hall–Kier alpha value is -1.22. The molecular formula is C20H31ClIN3O3. The van der Waals surface area contributed by atoms with Crippen molar-refractivity contribution < 1.29 is 14.3 Å². The second-order valence-corrected chi connectivity index (χ2v) is 6.97.